The van der Waals surface area contributed by atoms with Gasteiger partial charge in [-0.3, -0.25) is 9.79 Å². The molecule has 2 heterocycles. The molecule has 6 rings (SSSR count). The van der Waals surface area contributed by atoms with E-state index in [1.807, 2.05) is 18.2 Å². The second-order valence-corrected chi connectivity index (χ2v) is 13.0. The van der Waals surface area contributed by atoms with Crippen LogP contribution in [0.3, 0.4) is 0 Å². The first kappa shape index (κ1) is 29.2. The molecule has 2 aliphatic heterocycles. The van der Waals surface area contributed by atoms with Crippen molar-refractivity contribution in [2.24, 2.45) is 0 Å². The van der Waals surface area contributed by atoms with Gasteiger partial charge in [-0.05, 0) is 106 Å². The maximum Gasteiger partial charge on any atom is 0.524 e. The first-order chi connectivity index (χ1) is 20.5. The van der Waals surface area contributed by atoms with Gasteiger partial charge in [-0.1, -0.05) is 23.8 Å². The number of phosphoric ester groups is 1. The third-order valence-corrected chi connectivity index (χ3v) is 8.81. The molecule has 8 heteroatoms. The Balaban J connectivity index is 1.22. The van der Waals surface area contributed by atoms with E-state index < -0.39 is 7.82 Å². The molecule has 222 valence electrons. The van der Waals surface area contributed by atoms with Crippen molar-refractivity contribution in [2.75, 3.05) is 6.54 Å². The van der Waals surface area contributed by atoms with Gasteiger partial charge < -0.3 is 14.0 Å². The minimum atomic E-state index is -4.59. The van der Waals surface area contributed by atoms with Crippen molar-refractivity contribution in [2.45, 2.75) is 59.0 Å². The average molecular weight is 599 g/mol. The molecule has 2 N–H and O–H groups in total. The van der Waals surface area contributed by atoms with Gasteiger partial charge in [-0.2, -0.15) is 4.58 Å². The van der Waals surface area contributed by atoms with Gasteiger partial charge >= 0.3 is 7.82 Å². The summed E-state index contributed by atoms with van der Waals surface area (Å²) in [4.78, 5) is 18.0. The molecule has 0 atom stereocenters. The number of fused-ring (bicyclic) bond motifs is 3. The summed E-state index contributed by atoms with van der Waals surface area (Å²) < 4.78 is 30.7. The molecule has 1 aliphatic carbocycles. The van der Waals surface area contributed by atoms with E-state index in [0.29, 0.717) is 5.75 Å². The summed E-state index contributed by atoms with van der Waals surface area (Å²) in [6.45, 7) is 10.2. The summed E-state index contributed by atoms with van der Waals surface area (Å²) >= 11 is 0. The van der Waals surface area contributed by atoms with Crippen LogP contribution < -0.4 is 14.0 Å². The Kier molecular flexibility index (Phi) is 7.67. The van der Waals surface area contributed by atoms with E-state index in [1.54, 1.807) is 12.1 Å². The predicted octanol–water partition coefficient (Wildman–Crippen LogP) is 7.91. The van der Waals surface area contributed by atoms with Gasteiger partial charge in [0, 0.05) is 29.3 Å². The number of phosphoric acid groups is 1. The Hall–Kier alpha value is -3.90. The van der Waals surface area contributed by atoms with Gasteiger partial charge in [0.05, 0.1) is 5.41 Å². The second-order valence-electron chi connectivity index (χ2n) is 11.8. The van der Waals surface area contributed by atoms with Gasteiger partial charge in [0.1, 0.15) is 36.2 Å². The first-order valence-electron chi connectivity index (χ1n) is 14.7. The van der Waals surface area contributed by atoms with Crippen LogP contribution in [0.2, 0.25) is 0 Å². The standard InChI is InChI=1S/C35H36NO6P/c1-5-36-31-17-9-23(2)19-30(31)35(3,4)33(36)18-13-25-7-6-8-27-20-26-12-16-29(21-32(26)41-34(25)27)40-22-24-10-14-28(15-11-24)42-43(37,38)39/h9-21H,5-8,22H2,1-4H3,(H-,37,38,39)/p+1/b18-13+. The Bertz CT molecular complexity index is 1760. The van der Waals surface area contributed by atoms with Gasteiger partial charge in [0.25, 0.3) is 0 Å². The summed E-state index contributed by atoms with van der Waals surface area (Å²) in [5.41, 5.74) is 9.46. The fraction of sp³-hybridized carbons (Fsp3) is 0.286. The number of rotatable bonds is 8. The molecule has 0 unspecified atom stereocenters. The minimum Gasteiger partial charge on any atom is -0.489 e. The zero-order valence-corrected chi connectivity index (χ0v) is 25.9. The molecular weight excluding hydrogens is 561 g/mol. The lowest BCUT2D eigenvalue weighted by atomic mass is 9.80. The van der Waals surface area contributed by atoms with Crippen molar-refractivity contribution in [3.63, 3.8) is 0 Å². The second kappa shape index (κ2) is 11.3. The lowest BCUT2D eigenvalue weighted by Crippen LogP contribution is -2.27. The Morgan fingerprint density at radius 1 is 1.00 bits per heavy atom. The van der Waals surface area contributed by atoms with E-state index in [9.17, 15) is 4.57 Å². The van der Waals surface area contributed by atoms with Crippen molar-refractivity contribution < 1.29 is 32.9 Å². The van der Waals surface area contributed by atoms with Crippen LogP contribution in [-0.4, -0.2) is 26.6 Å². The third-order valence-electron chi connectivity index (χ3n) is 8.36. The minimum absolute atomic E-state index is 0.0916. The number of allylic oxidation sites excluding steroid dienone is 4. The van der Waals surface area contributed by atoms with Crippen molar-refractivity contribution in [3.05, 3.63) is 112 Å². The van der Waals surface area contributed by atoms with Crippen LogP contribution in [0.15, 0.2) is 89.7 Å². The highest BCUT2D eigenvalue weighted by Gasteiger charge is 2.43. The maximum atomic E-state index is 11.0. The maximum absolute atomic E-state index is 11.0. The number of hydrogen-bond donors (Lipinski definition) is 2. The zero-order valence-electron chi connectivity index (χ0n) is 25.0. The molecule has 0 spiro atoms. The molecular formula is C35H37NO6P+. The topological polar surface area (TPSA) is 88.2 Å². The van der Waals surface area contributed by atoms with E-state index in [2.05, 4.69) is 73.2 Å². The highest BCUT2D eigenvalue weighted by atomic mass is 31.2. The Morgan fingerprint density at radius 2 is 1.77 bits per heavy atom. The van der Waals surface area contributed by atoms with Crippen LogP contribution in [0.5, 0.6) is 17.2 Å². The van der Waals surface area contributed by atoms with Crippen molar-refractivity contribution in [1.82, 2.24) is 0 Å². The summed E-state index contributed by atoms with van der Waals surface area (Å²) in [6, 6.07) is 19.1. The van der Waals surface area contributed by atoms with E-state index in [-0.39, 0.29) is 17.8 Å². The summed E-state index contributed by atoms with van der Waals surface area (Å²) in [6.07, 6.45) is 9.81. The normalized spacial score (nSPS) is 17.3. The number of benzene rings is 3. The van der Waals surface area contributed by atoms with Gasteiger partial charge in [0.15, 0.2) is 5.71 Å². The van der Waals surface area contributed by atoms with Gasteiger partial charge in [-0.15, -0.1) is 0 Å². The molecule has 0 bridgehead atoms. The summed E-state index contributed by atoms with van der Waals surface area (Å²) in [7, 11) is -4.59. The fourth-order valence-corrected chi connectivity index (χ4v) is 6.60. The fourth-order valence-electron chi connectivity index (χ4n) is 6.20. The quantitative estimate of drug-likeness (QED) is 0.202. The molecule has 7 nitrogen and oxygen atoms in total. The van der Waals surface area contributed by atoms with Crippen molar-refractivity contribution in [1.29, 1.82) is 0 Å². The van der Waals surface area contributed by atoms with Crippen molar-refractivity contribution >= 4 is 25.3 Å². The lowest BCUT2D eigenvalue weighted by Gasteiger charge is -2.27. The Morgan fingerprint density at radius 3 is 2.51 bits per heavy atom. The SMILES string of the molecule is CC[N+]1=C(/C=C/C2=C3Oc4cc(OCc5ccc(OP(=O)(O)O)cc5)ccc4C=C3CCC2)C(C)(C)c2cc(C)ccc21. The molecule has 3 aliphatic rings. The molecule has 3 aromatic rings. The Labute approximate surface area is 252 Å². The predicted molar refractivity (Wildman–Crippen MR) is 168 cm³/mol. The molecule has 0 amide bonds. The number of ether oxygens (including phenoxy) is 2. The largest absolute Gasteiger partial charge is 0.524 e. The molecule has 43 heavy (non-hydrogen) atoms. The number of aryl methyl sites for hydroxylation is 1. The van der Waals surface area contributed by atoms with E-state index >= 15 is 0 Å². The highest BCUT2D eigenvalue weighted by Crippen LogP contribution is 2.43. The van der Waals surface area contributed by atoms with E-state index in [4.69, 9.17) is 19.3 Å². The van der Waals surface area contributed by atoms with Crippen LogP contribution in [0.1, 0.15) is 62.3 Å². The zero-order chi connectivity index (χ0) is 30.4. The van der Waals surface area contributed by atoms with Crippen LogP contribution >= 0.6 is 7.82 Å². The van der Waals surface area contributed by atoms with Crippen LogP contribution in [-0.2, 0) is 16.6 Å². The summed E-state index contributed by atoms with van der Waals surface area (Å²) in [5, 5.41) is 0. The van der Waals surface area contributed by atoms with Gasteiger partial charge in [-0.25, -0.2) is 4.57 Å². The van der Waals surface area contributed by atoms with Crippen LogP contribution in [0.4, 0.5) is 5.69 Å². The van der Waals surface area contributed by atoms with Gasteiger partial charge in [0.2, 0.25) is 5.69 Å². The molecule has 0 saturated heterocycles. The van der Waals surface area contributed by atoms with E-state index in [1.165, 1.54) is 45.8 Å². The monoisotopic (exact) mass is 598 g/mol. The highest BCUT2D eigenvalue weighted by molar-refractivity contribution is 7.46. The lowest BCUT2D eigenvalue weighted by molar-refractivity contribution is -0.433. The first-order valence-corrected chi connectivity index (χ1v) is 16.2. The smallest absolute Gasteiger partial charge is 0.489 e. The van der Waals surface area contributed by atoms with E-state index in [0.717, 1.165) is 48.4 Å². The molecule has 3 aromatic carbocycles. The summed E-state index contributed by atoms with van der Waals surface area (Å²) in [5.74, 6) is 2.49. The average Bonchev–Trinajstić information content (AvgIpc) is 3.18. The molecule has 0 fully saturated rings. The number of hydrogen-bond acceptors (Lipinski definition) is 4. The molecule has 0 radical (unpaired) electrons. The van der Waals surface area contributed by atoms with Crippen LogP contribution in [0.25, 0.3) is 6.08 Å². The van der Waals surface area contributed by atoms with Crippen LogP contribution in [0, 0.1) is 6.92 Å². The van der Waals surface area contributed by atoms with Crippen molar-refractivity contribution in [3.8, 4) is 17.2 Å². The third kappa shape index (κ3) is 5.98. The molecule has 0 aromatic heterocycles. The molecule has 0 saturated carbocycles. The number of nitrogens with zero attached hydrogens (tertiary/aromatic N) is 1.